The molecular weight excluding hydrogens is 278 g/mol. The molecule has 1 atom stereocenters. The Kier molecular flexibility index (Phi) is 4.01. The molecule has 1 heterocycles. The van der Waals surface area contributed by atoms with Gasteiger partial charge in [-0.1, -0.05) is 49.6 Å². The first-order valence-corrected chi connectivity index (χ1v) is 7.91. The summed E-state index contributed by atoms with van der Waals surface area (Å²) in [6.07, 6.45) is 6.85. The molecule has 116 valence electrons. The number of ether oxygens (including phenoxy) is 1. The highest BCUT2D eigenvalue weighted by Gasteiger charge is 2.43. The Morgan fingerprint density at radius 1 is 1.18 bits per heavy atom. The van der Waals surface area contributed by atoms with E-state index in [1.54, 1.807) is 6.92 Å². The number of nitrogens with one attached hydrogen (secondary N) is 1. The third kappa shape index (κ3) is 2.78. The fourth-order valence-electron chi connectivity index (χ4n) is 3.13. The van der Waals surface area contributed by atoms with E-state index in [2.05, 4.69) is 5.32 Å². The molecule has 1 N–H and O–H groups in total. The Labute approximate surface area is 130 Å². The maximum absolute atomic E-state index is 12.3. The molecule has 2 aliphatic rings. The van der Waals surface area contributed by atoms with E-state index in [0.29, 0.717) is 0 Å². The number of carbonyl (C=O) groups is 2. The second-order valence-corrected chi connectivity index (χ2v) is 6.18. The summed E-state index contributed by atoms with van der Waals surface area (Å²) < 4.78 is 5.75. The van der Waals surface area contributed by atoms with Crippen molar-refractivity contribution in [1.29, 1.82) is 0 Å². The van der Waals surface area contributed by atoms with Crippen LogP contribution in [0.2, 0.25) is 0 Å². The standard InChI is InChI=1S/C18H21NO3/c1-18(13-8-4-2-5-9-13)16(20)12-15(22-18)17(21)19-14-10-6-3-7-11-14/h2,4-5,8-9,12,14H,3,6-7,10-11H2,1H3,(H,19,21). The van der Waals surface area contributed by atoms with Crippen LogP contribution in [-0.2, 0) is 19.9 Å². The molecule has 1 unspecified atom stereocenters. The average molecular weight is 299 g/mol. The lowest BCUT2D eigenvalue weighted by Gasteiger charge is -2.26. The van der Waals surface area contributed by atoms with E-state index in [-0.39, 0.29) is 23.5 Å². The molecule has 1 saturated carbocycles. The highest BCUT2D eigenvalue weighted by Crippen LogP contribution is 2.34. The molecule has 0 aromatic heterocycles. The van der Waals surface area contributed by atoms with Crippen LogP contribution in [0.3, 0.4) is 0 Å². The summed E-state index contributed by atoms with van der Waals surface area (Å²) in [5, 5.41) is 2.99. The fourth-order valence-corrected chi connectivity index (χ4v) is 3.13. The molecule has 1 fully saturated rings. The van der Waals surface area contributed by atoms with Gasteiger partial charge in [0.25, 0.3) is 5.91 Å². The van der Waals surface area contributed by atoms with Gasteiger partial charge in [-0.15, -0.1) is 0 Å². The van der Waals surface area contributed by atoms with Crippen molar-refractivity contribution in [3.63, 3.8) is 0 Å². The van der Waals surface area contributed by atoms with Crippen molar-refractivity contribution in [1.82, 2.24) is 5.32 Å². The molecule has 3 rings (SSSR count). The second kappa shape index (κ2) is 5.95. The minimum atomic E-state index is -1.10. The Balaban J connectivity index is 1.70. The third-order valence-corrected chi connectivity index (χ3v) is 4.54. The average Bonchev–Trinajstić information content (AvgIpc) is 2.86. The number of benzene rings is 1. The maximum atomic E-state index is 12.3. The van der Waals surface area contributed by atoms with E-state index in [4.69, 9.17) is 4.74 Å². The third-order valence-electron chi connectivity index (χ3n) is 4.54. The summed E-state index contributed by atoms with van der Waals surface area (Å²) >= 11 is 0. The molecule has 1 aromatic carbocycles. The van der Waals surface area contributed by atoms with Crippen LogP contribution in [0.4, 0.5) is 0 Å². The summed E-state index contributed by atoms with van der Waals surface area (Å²) in [4.78, 5) is 24.6. The zero-order valence-corrected chi connectivity index (χ0v) is 12.8. The van der Waals surface area contributed by atoms with Crippen LogP contribution in [0, 0.1) is 0 Å². The van der Waals surface area contributed by atoms with Crippen LogP contribution in [0.15, 0.2) is 42.2 Å². The van der Waals surface area contributed by atoms with Crippen molar-refractivity contribution in [3.05, 3.63) is 47.7 Å². The predicted molar refractivity (Wildman–Crippen MR) is 83.0 cm³/mol. The molecule has 4 heteroatoms. The van der Waals surface area contributed by atoms with Gasteiger partial charge >= 0.3 is 0 Å². The summed E-state index contributed by atoms with van der Waals surface area (Å²) in [6.45, 7) is 1.71. The van der Waals surface area contributed by atoms with Gasteiger partial charge in [-0.3, -0.25) is 9.59 Å². The lowest BCUT2D eigenvalue weighted by Crippen LogP contribution is -2.38. The van der Waals surface area contributed by atoms with Gasteiger partial charge in [0.15, 0.2) is 11.4 Å². The summed E-state index contributed by atoms with van der Waals surface area (Å²) in [5.41, 5.74) is -0.336. The smallest absolute Gasteiger partial charge is 0.286 e. The van der Waals surface area contributed by atoms with Crippen molar-refractivity contribution in [2.24, 2.45) is 0 Å². The monoisotopic (exact) mass is 299 g/mol. The number of hydrogen-bond donors (Lipinski definition) is 1. The molecular formula is C18H21NO3. The SMILES string of the molecule is CC1(c2ccccc2)OC(C(=O)NC2CCCCC2)=CC1=O. The molecule has 1 amide bonds. The van der Waals surface area contributed by atoms with Gasteiger partial charge in [-0.25, -0.2) is 0 Å². The first-order chi connectivity index (χ1) is 10.6. The van der Waals surface area contributed by atoms with Crippen LogP contribution in [0.5, 0.6) is 0 Å². The van der Waals surface area contributed by atoms with Crippen molar-refractivity contribution in [2.75, 3.05) is 0 Å². The first-order valence-electron chi connectivity index (χ1n) is 7.91. The zero-order valence-electron chi connectivity index (χ0n) is 12.8. The molecule has 0 saturated heterocycles. The minimum absolute atomic E-state index is 0.127. The van der Waals surface area contributed by atoms with Gasteiger partial charge in [-0.05, 0) is 19.8 Å². The number of carbonyl (C=O) groups excluding carboxylic acids is 2. The molecule has 0 spiro atoms. The summed E-state index contributed by atoms with van der Waals surface area (Å²) in [7, 11) is 0. The Bertz CT molecular complexity index is 602. The zero-order chi connectivity index (χ0) is 15.6. The first kappa shape index (κ1) is 14.8. The predicted octanol–water partition coefficient (Wildman–Crippen LogP) is 2.83. The van der Waals surface area contributed by atoms with Crippen LogP contribution < -0.4 is 5.32 Å². The van der Waals surface area contributed by atoms with Gasteiger partial charge in [0, 0.05) is 17.7 Å². The molecule has 22 heavy (non-hydrogen) atoms. The van der Waals surface area contributed by atoms with E-state index in [9.17, 15) is 9.59 Å². The number of rotatable bonds is 3. The van der Waals surface area contributed by atoms with Gasteiger partial charge in [0.05, 0.1) is 0 Å². The van der Waals surface area contributed by atoms with E-state index < -0.39 is 5.60 Å². The maximum Gasteiger partial charge on any atom is 0.286 e. The van der Waals surface area contributed by atoms with Gasteiger partial charge < -0.3 is 10.1 Å². The number of ketones is 1. The van der Waals surface area contributed by atoms with E-state index in [0.717, 1.165) is 31.2 Å². The Morgan fingerprint density at radius 2 is 1.86 bits per heavy atom. The second-order valence-electron chi connectivity index (χ2n) is 6.18. The van der Waals surface area contributed by atoms with Crippen LogP contribution in [-0.4, -0.2) is 17.7 Å². The van der Waals surface area contributed by atoms with E-state index in [1.807, 2.05) is 30.3 Å². The van der Waals surface area contributed by atoms with Crippen LogP contribution >= 0.6 is 0 Å². The fraction of sp³-hybridized carbons (Fsp3) is 0.444. The van der Waals surface area contributed by atoms with Crippen molar-refractivity contribution in [3.8, 4) is 0 Å². The lowest BCUT2D eigenvalue weighted by atomic mass is 9.92. The van der Waals surface area contributed by atoms with Crippen molar-refractivity contribution < 1.29 is 14.3 Å². The van der Waals surface area contributed by atoms with Gasteiger partial charge in [0.1, 0.15) is 0 Å². The quantitative estimate of drug-likeness (QED) is 0.933. The van der Waals surface area contributed by atoms with Crippen molar-refractivity contribution >= 4 is 11.7 Å². The molecule has 0 bridgehead atoms. The molecule has 1 aliphatic carbocycles. The van der Waals surface area contributed by atoms with E-state index in [1.165, 1.54) is 12.5 Å². The summed E-state index contributed by atoms with van der Waals surface area (Å²) in [5.74, 6) is -0.339. The molecule has 0 radical (unpaired) electrons. The largest absolute Gasteiger partial charge is 0.469 e. The highest BCUT2D eigenvalue weighted by atomic mass is 16.5. The topological polar surface area (TPSA) is 55.4 Å². The van der Waals surface area contributed by atoms with Gasteiger partial charge in [0.2, 0.25) is 5.78 Å². The van der Waals surface area contributed by atoms with Crippen LogP contribution in [0.25, 0.3) is 0 Å². The Hall–Kier alpha value is -2.10. The highest BCUT2D eigenvalue weighted by molar-refractivity contribution is 6.07. The minimum Gasteiger partial charge on any atom is -0.469 e. The van der Waals surface area contributed by atoms with Crippen molar-refractivity contribution in [2.45, 2.75) is 50.7 Å². The normalized spacial score (nSPS) is 25.5. The van der Waals surface area contributed by atoms with Gasteiger partial charge in [-0.2, -0.15) is 0 Å². The number of amides is 1. The summed E-state index contributed by atoms with van der Waals surface area (Å²) in [6, 6.07) is 9.48. The molecule has 1 aliphatic heterocycles. The number of hydrogen-bond acceptors (Lipinski definition) is 3. The molecule has 4 nitrogen and oxygen atoms in total. The lowest BCUT2D eigenvalue weighted by molar-refractivity contribution is -0.132. The molecule has 1 aromatic rings. The van der Waals surface area contributed by atoms with Crippen LogP contribution in [0.1, 0.15) is 44.6 Å². The Morgan fingerprint density at radius 3 is 2.55 bits per heavy atom. The van der Waals surface area contributed by atoms with E-state index >= 15 is 0 Å².